The van der Waals surface area contributed by atoms with Gasteiger partial charge in [-0.1, -0.05) is 133 Å². The van der Waals surface area contributed by atoms with Crippen LogP contribution in [0.5, 0.6) is 0 Å². The predicted octanol–water partition coefficient (Wildman–Crippen LogP) is 13.7. The first-order valence-electron chi connectivity index (χ1n) is 19.2. The highest BCUT2D eigenvalue weighted by atomic mass is 32.1. The van der Waals surface area contributed by atoms with E-state index in [4.69, 9.17) is 9.98 Å². The maximum atomic E-state index is 5.14. The molecular weight excluding hydrogens is 733 g/mol. The molecule has 0 amide bonds. The summed E-state index contributed by atoms with van der Waals surface area (Å²) in [5.74, 6) is 1.56. The quantitative estimate of drug-likeness (QED) is 0.186. The van der Waals surface area contributed by atoms with Gasteiger partial charge in [-0.25, -0.2) is 9.98 Å². The molecule has 6 heteroatoms. The van der Waals surface area contributed by atoms with E-state index in [2.05, 4.69) is 168 Å². The Bertz CT molecular complexity index is 3390. The van der Waals surface area contributed by atoms with Gasteiger partial charge in [0, 0.05) is 67.9 Å². The second-order valence-corrected chi connectivity index (χ2v) is 16.8. The van der Waals surface area contributed by atoms with Crippen molar-refractivity contribution in [3.8, 4) is 16.8 Å². The summed E-state index contributed by atoms with van der Waals surface area (Å²) in [6.45, 7) is 0. The van der Waals surface area contributed by atoms with Gasteiger partial charge in [0.1, 0.15) is 12.0 Å². The molecule has 4 nitrogen and oxygen atoms in total. The number of rotatable bonds is 5. The molecule has 1 aliphatic heterocycles. The van der Waals surface area contributed by atoms with Crippen LogP contribution in [-0.2, 0) is 0 Å². The van der Waals surface area contributed by atoms with Crippen LogP contribution in [0.25, 0.3) is 79.0 Å². The van der Waals surface area contributed by atoms with Crippen molar-refractivity contribution >= 4 is 96.5 Å². The zero-order valence-electron chi connectivity index (χ0n) is 30.6. The van der Waals surface area contributed by atoms with Gasteiger partial charge in [0.15, 0.2) is 5.84 Å². The number of thiophene rings is 2. The number of fused-ring (bicyclic) bond motifs is 9. The Morgan fingerprint density at radius 1 is 0.456 bits per heavy atom. The monoisotopic (exact) mass is 764 g/mol. The van der Waals surface area contributed by atoms with Crippen LogP contribution in [-0.4, -0.2) is 16.2 Å². The fraction of sp³-hybridized carbons (Fsp3) is 0.0196. The molecule has 1 atom stereocenters. The van der Waals surface area contributed by atoms with Crippen LogP contribution >= 0.6 is 22.7 Å². The zero-order valence-corrected chi connectivity index (χ0v) is 32.2. The summed E-state index contributed by atoms with van der Waals surface area (Å²) in [4.78, 5) is 10.2. The van der Waals surface area contributed by atoms with Gasteiger partial charge in [0.05, 0.1) is 11.0 Å². The van der Waals surface area contributed by atoms with E-state index in [9.17, 15) is 0 Å². The lowest BCUT2D eigenvalue weighted by molar-refractivity contribution is 0.674. The molecule has 0 spiro atoms. The van der Waals surface area contributed by atoms with Crippen molar-refractivity contribution in [2.45, 2.75) is 6.17 Å². The Hall–Kier alpha value is -6.86. The Labute approximate surface area is 336 Å². The third kappa shape index (κ3) is 5.26. The third-order valence-corrected chi connectivity index (χ3v) is 13.5. The summed E-state index contributed by atoms with van der Waals surface area (Å²) < 4.78 is 7.50. The molecule has 0 radical (unpaired) electrons. The van der Waals surface area contributed by atoms with E-state index in [1.165, 1.54) is 79.0 Å². The number of hydrogen-bond donors (Lipinski definition) is 1. The molecule has 57 heavy (non-hydrogen) atoms. The Morgan fingerprint density at radius 2 is 1.12 bits per heavy atom. The maximum absolute atomic E-state index is 5.14. The SMILES string of the molecule is c1ccc(C2=NC(c3ccc4c(c3)sc3cccc(-c5ccc6c(c5)sc5ccc(-n7c8ccccc8c8ccccc87)cc56)c34)=NC(c3ccccc3)N2)cc1. The van der Waals surface area contributed by atoms with Crippen LogP contribution in [0.3, 0.4) is 0 Å². The number of nitrogens with zero attached hydrogens (tertiary/aromatic N) is 3. The van der Waals surface area contributed by atoms with Crippen molar-refractivity contribution in [2.75, 3.05) is 0 Å². The van der Waals surface area contributed by atoms with E-state index >= 15 is 0 Å². The van der Waals surface area contributed by atoms with E-state index in [0.29, 0.717) is 0 Å². The van der Waals surface area contributed by atoms with Crippen LogP contribution < -0.4 is 5.32 Å². The van der Waals surface area contributed by atoms with Gasteiger partial charge in [0.25, 0.3) is 0 Å². The molecule has 12 rings (SSSR count). The minimum atomic E-state index is -0.234. The summed E-state index contributed by atoms with van der Waals surface area (Å²) in [7, 11) is 0. The van der Waals surface area contributed by atoms with Crippen molar-refractivity contribution in [3.05, 3.63) is 199 Å². The van der Waals surface area contributed by atoms with E-state index < -0.39 is 0 Å². The molecule has 1 unspecified atom stereocenters. The smallest absolute Gasteiger partial charge is 0.159 e. The lowest BCUT2D eigenvalue weighted by atomic mass is 9.98. The average molecular weight is 765 g/mol. The number of aliphatic imine (C=N–C) groups is 2. The molecule has 1 N–H and O–H groups in total. The molecular formula is C51H32N4S2. The number of para-hydroxylation sites is 2. The molecule has 0 fully saturated rings. The van der Waals surface area contributed by atoms with Crippen molar-refractivity contribution in [3.63, 3.8) is 0 Å². The second kappa shape index (κ2) is 12.8. The fourth-order valence-electron chi connectivity index (χ4n) is 8.61. The second-order valence-electron chi connectivity index (χ2n) is 14.6. The molecule has 3 aromatic heterocycles. The highest BCUT2D eigenvalue weighted by Crippen LogP contribution is 2.44. The molecule has 0 aliphatic carbocycles. The highest BCUT2D eigenvalue weighted by Gasteiger charge is 2.22. The van der Waals surface area contributed by atoms with Crippen LogP contribution in [0.4, 0.5) is 0 Å². The molecule has 8 aromatic carbocycles. The van der Waals surface area contributed by atoms with Gasteiger partial charge in [-0.3, -0.25) is 0 Å². The molecule has 4 heterocycles. The molecule has 0 bridgehead atoms. The van der Waals surface area contributed by atoms with Crippen molar-refractivity contribution < 1.29 is 0 Å². The van der Waals surface area contributed by atoms with Gasteiger partial charge < -0.3 is 9.88 Å². The molecule has 11 aromatic rings. The Morgan fingerprint density at radius 3 is 1.93 bits per heavy atom. The summed E-state index contributed by atoms with van der Waals surface area (Å²) >= 11 is 3.71. The average Bonchev–Trinajstić information content (AvgIpc) is 3.95. The van der Waals surface area contributed by atoms with E-state index in [1.807, 2.05) is 46.9 Å². The van der Waals surface area contributed by atoms with E-state index in [1.54, 1.807) is 0 Å². The minimum Gasteiger partial charge on any atom is -0.344 e. The Balaban J connectivity index is 0.949. The minimum absolute atomic E-state index is 0.234. The Kier molecular flexibility index (Phi) is 7.30. The van der Waals surface area contributed by atoms with Crippen LogP contribution in [0.15, 0.2) is 192 Å². The molecule has 268 valence electrons. The first-order valence-corrected chi connectivity index (χ1v) is 20.8. The number of nitrogens with one attached hydrogen (secondary N) is 1. The van der Waals surface area contributed by atoms with Gasteiger partial charge in [-0.05, 0) is 65.2 Å². The number of aromatic nitrogens is 1. The first kappa shape index (κ1) is 32.4. The van der Waals surface area contributed by atoms with Crippen molar-refractivity contribution in [1.29, 1.82) is 0 Å². The summed E-state index contributed by atoms with van der Waals surface area (Å²) in [5, 5.41) is 11.3. The number of hydrogen-bond acceptors (Lipinski definition) is 5. The van der Waals surface area contributed by atoms with Gasteiger partial charge >= 0.3 is 0 Å². The molecule has 1 aliphatic rings. The zero-order chi connectivity index (χ0) is 37.5. The van der Waals surface area contributed by atoms with Crippen LogP contribution in [0.2, 0.25) is 0 Å². The third-order valence-electron chi connectivity index (χ3n) is 11.3. The van der Waals surface area contributed by atoms with E-state index in [0.717, 1.165) is 28.4 Å². The predicted molar refractivity (Wildman–Crippen MR) is 244 cm³/mol. The van der Waals surface area contributed by atoms with Crippen LogP contribution in [0.1, 0.15) is 22.9 Å². The maximum Gasteiger partial charge on any atom is 0.159 e. The summed E-state index contributed by atoms with van der Waals surface area (Å²) in [6, 6.07) is 65.5. The number of amidine groups is 2. The molecule has 0 saturated carbocycles. The fourth-order valence-corrected chi connectivity index (χ4v) is 10.9. The number of benzene rings is 8. The lowest BCUT2D eigenvalue weighted by Crippen LogP contribution is -2.33. The van der Waals surface area contributed by atoms with E-state index in [-0.39, 0.29) is 6.17 Å². The summed E-state index contributed by atoms with van der Waals surface area (Å²) in [5.41, 5.74) is 9.29. The summed E-state index contributed by atoms with van der Waals surface area (Å²) in [6.07, 6.45) is -0.234. The van der Waals surface area contributed by atoms with Gasteiger partial charge in [-0.15, -0.1) is 22.7 Å². The standard InChI is InChI=1S/C51H32N4S2/c1-3-12-31(13-4-1)49-52-50(32-14-5-2-6-15-32)54-51(53-49)34-23-26-40-47(29-34)57-45-21-11-18-36(48(40)45)33-22-25-39-41-30-35(24-27-44(41)56-46(39)28-33)55-42-19-9-7-16-37(42)38-17-8-10-20-43(38)55/h1-30,49H,(H,52,53,54). The highest BCUT2D eigenvalue weighted by molar-refractivity contribution is 7.26. The van der Waals surface area contributed by atoms with Crippen LogP contribution in [0, 0.1) is 0 Å². The van der Waals surface area contributed by atoms with Crippen molar-refractivity contribution in [2.24, 2.45) is 9.98 Å². The van der Waals surface area contributed by atoms with Crippen molar-refractivity contribution in [1.82, 2.24) is 9.88 Å². The largest absolute Gasteiger partial charge is 0.344 e. The lowest BCUT2D eigenvalue weighted by Gasteiger charge is -2.23. The normalized spacial score (nSPS) is 14.5. The van der Waals surface area contributed by atoms with Gasteiger partial charge in [-0.2, -0.15) is 0 Å². The topological polar surface area (TPSA) is 41.7 Å². The first-order chi connectivity index (χ1) is 28.2. The van der Waals surface area contributed by atoms with Gasteiger partial charge in [0.2, 0.25) is 0 Å². The molecule has 0 saturated heterocycles.